The van der Waals surface area contributed by atoms with E-state index in [0.717, 1.165) is 11.1 Å². The average Bonchev–Trinajstić information content (AvgIpc) is 3.15. The fourth-order valence-corrected chi connectivity index (χ4v) is 2.76. The molecular weight excluding hydrogens is 383 g/mol. The minimum absolute atomic E-state index is 0.00159. The molecule has 4 aromatic rings. The van der Waals surface area contributed by atoms with Crippen molar-refractivity contribution in [2.45, 2.75) is 13.5 Å². The van der Waals surface area contributed by atoms with E-state index in [-0.39, 0.29) is 28.8 Å². The van der Waals surface area contributed by atoms with Crippen LogP contribution < -0.4 is 5.56 Å². The minimum atomic E-state index is -0.575. The van der Waals surface area contributed by atoms with E-state index in [1.165, 1.54) is 22.9 Å². The van der Waals surface area contributed by atoms with Gasteiger partial charge < -0.3 is 4.52 Å². The van der Waals surface area contributed by atoms with Gasteiger partial charge in [-0.1, -0.05) is 46.6 Å². The summed E-state index contributed by atoms with van der Waals surface area (Å²) in [6.07, 6.45) is 0. The van der Waals surface area contributed by atoms with Gasteiger partial charge in [-0.15, -0.1) is 0 Å². The fourth-order valence-electron chi connectivity index (χ4n) is 2.64. The monoisotopic (exact) mass is 396 g/mol. The summed E-state index contributed by atoms with van der Waals surface area (Å²) >= 11 is 5.69. The molecule has 0 unspecified atom stereocenters. The van der Waals surface area contributed by atoms with Gasteiger partial charge in [-0.25, -0.2) is 9.07 Å². The van der Waals surface area contributed by atoms with Crippen LogP contribution in [0.2, 0.25) is 5.02 Å². The van der Waals surface area contributed by atoms with Crippen LogP contribution in [-0.4, -0.2) is 19.9 Å². The molecule has 0 saturated heterocycles. The van der Waals surface area contributed by atoms with Crippen molar-refractivity contribution < 1.29 is 8.91 Å². The molecule has 0 amide bonds. The molecule has 0 bridgehead atoms. The molecule has 2 aromatic carbocycles. The summed E-state index contributed by atoms with van der Waals surface area (Å²) in [5.74, 6) is -0.191. The second-order valence-corrected chi connectivity index (χ2v) is 6.63. The third-order valence-electron chi connectivity index (χ3n) is 4.14. The zero-order valence-electron chi connectivity index (χ0n) is 14.8. The first-order valence-corrected chi connectivity index (χ1v) is 8.80. The van der Waals surface area contributed by atoms with Gasteiger partial charge in [-0.05, 0) is 31.2 Å². The van der Waals surface area contributed by atoms with Crippen LogP contribution in [0.3, 0.4) is 0 Å². The van der Waals surface area contributed by atoms with Crippen LogP contribution in [0.4, 0.5) is 4.39 Å². The van der Waals surface area contributed by atoms with Crippen LogP contribution >= 0.6 is 11.6 Å². The van der Waals surface area contributed by atoms with E-state index < -0.39 is 5.82 Å². The molecule has 0 aliphatic carbocycles. The number of aromatic nitrogens is 4. The normalized spacial score (nSPS) is 11.0. The SMILES string of the molecule is Cc1ccc(-c2ccc(=O)n(Cc3nc(-c4ccc(Cl)c(F)c4)no3)n2)cc1. The zero-order valence-corrected chi connectivity index (χ0v) is 15.5. The molecule has 0 fully saturated rings. The Hall–Kier alpha value is -3.32. The number of hydrogen-bond acceptors (Lipinski definition) is 5. The van der Waals surface area contributed by atoms with E-state index in [4.69, 9.17) is 16.1 Å². The van der Waals surface area contributed by atoms with E-state index in [1.807, 2.05) is 31.2 Å². The van der Waals surface area contributed by atoms with E-state index in [2.05, 4.69) is 15.2 Å². The van der Waals surface area contributed by atoms with Crippen molar-refractivity contribution in [3.05, 3.63) is 87.2 Å². The van der Waals surface area contributed by atoms with Crippen molar-refractivity contribution in [3.63, 3.8) is 0 Å². The Morgan fingerprint density at radius 1 is 1.07 bits per heavy atom. The maximum atomic E-state index is 13.6. The van der Waals surface area contributed by atoms with Crippen LogP contribution in [0.5, 0.6) is 0 Å². The molecule has 0 saturated carbocycles. The lowest BCUT2D eigenvalue weighted by Gasteiger charge is -2.05. The van der Waals surface area contributed by atoms with Gasteiger partial charge in [0.25, 0.3) is 5.56 Å². The second-order valence-electron chi connectivity index (χ2n) is 6.22. The molecule has 8 heteroatoms. The van der Waals surface area contributed by atoms with Crippen LogP contribution in [0.15, 0.2) is 63.9 Å². The summed E-state index contributed by atoms with van der Waals surface area (Å²) < 4.78 is 20.1. The number of rotatable bonds is 4. The van der Waals surface area contributed by atoms with Gasteiger partial charge in [0.2, 0.25) is 11.7 Å². The predicted octanol–water partition coefficient (Wildman–Crippen LogP) is 4.11. The highest BCUT2D eigenvalue weighted by Gasteiger charge is 2.13. The number of benzene rings is 2. The predicted molar refractivity (Wildman–Crippen MR) is 102 cm³/mol. The summed E-state index contributed by atoms with van der Waals surface area (Å²) in [6.45, 7) is 2.00. The molecule has 0 atom stereocenters. The quantitative estimate of drug-likeness (QED) is 0.519. The zero-order chi connectivity index (χ0) is 19.7. The lowest BCUT2D eigenvalue weighted by atomic mass is 10.1. The van der Waals surface area contributed by atoms with Crippen LogP contribution in [0.25, 0.3) is 22.6 Å². The molecule has 2 heterocycles. The highest BCUT2D eigenvalue weighted by atomic mass is 35.5. The fraction of sp³-hybridized carbons (Fsp3) is 0.100. The molecule has 28 heavy (non-hydrogen) atoms. The van der Waals surface area contributed by atoms with Gasteiger partial charge in [0.1, 0.15) is 12.4 Å². The van der Waals surface area contributed by atoms with Gasteiger partial charge in [-0.3, -0.25) is 4.79 Å². The Morgan fingerprint density at radius 3 is 2.57 bits per heavy atom. The maximum Gasteiger partial charge on any atom is 0.267 e. The lowest BCUT2D eigenvalue weighted by molar-refractivity contribution is 0.363. The first kappa shape index (κ1) is 18.1. The van der Waals surface area contributed by atoms with Gasteiger partial charge in [0.05, 0.1) is 10.7 Å². The van der Waals surface area contributed by atoms with Crippen molar-refractivity contribution in [2.75, 3.05) is 0 Å². The summed E-state index contributed by atoms with van der Waals surface area (Å²) in [5.41, 5.74) is 2.80. The molecular formula is C20H14ClFN4O2. The van der Waals surface area contributed by atoms with Crippen LogP contribution in [0, 0.1) is 12.7 Å². The molecule has 0 N–H and O–H groups in total. The van der Waals surface area contributed by atoms with E-state index in [1.54, 1.807) is 12.1 Å². The largest absolute Gasteiger partial charge is 0.337 e. The highest BCUT2D eigenvalue weighted by molar-refractivity contribution is 6.30. The lowest BCUT2D eigenvalue weighted by Crippen LogP contribution is -2.23. The topological polar surface area (TPSA) is 73.8 Å². The van der Waals surface area contributed by atoms with E-state index in [9.17, 15) is 9.18 Å². The van der Waals surface area contributed by atoms with Crippen molar-refractivity contribution in [1.29, 1.82) is 0 Å². The molecule has 0 radical (unpaired) electrons. The Kier molecular flexibility index (Phi) is 4.75. The standard InChI is InChI=1S/C20H14ClFN4O2/c1-12-2-4-13(5-3-12)17-8-9-19(27)26(24-17)11-18-23-20(25-28-18)14-6-7-15(21)16(22)10-14/h2-10H,11H2,1H3. The Morgan fingerprint density at radius 2 is 1.82 bits per heavy atom. The number of halogens is 2. The molecule has 6 nitrogen and oxygen atoms in total. The average molecular weight is 397 g/mol. The summed E-state index contributed by atoms with van der Waals surface area (Å²) in [7, 11) is 0. The Labute approximate surface area is 164 Å². The van der Waals surface area contributed by atoms with Crippen molar-refractivity contribution in [3.8, 4) is 22.6 Å². The molecule has 0 spiro atoms. The van der Waals surface area contributed by atoms with Crippen molar-refractivity contribution in [2.24, 2.45) is 0 Å². The third kappa shape index (κ3) is 3.70. The third-order valence-corrected chi connectivity index (χ3v) is 4.45. The van der Waals surface area contributed by atoms with Crippen LogP contribution in [-0.2, 0) is 6.54 Å². The van der Waals surface area contributed by atoms with Gasteiger partial charge in [0, 0.05) is 17.2 Å². The molecule has 140 valence electrons. The van der Waals surface area contributed by atoms with Crippen molar-refractivity contribution >= 4 is 11.6 Å². The van der Waals surface area contributed by atoms with Gasteiger partial charge >= 0.3 is 0 Å². The highest BCUT2D eigenvalue weighted by Crippen LogP contribution is 2.22. The first-order chi connectivity index (χ1) is 13.5. The van der Waals surface area contributed by atoms with Gasteiger partial charge in [0.15, 0.2) is 0 Å². The number of nitrogens with zero attached hydrogens (tertiary/aromatic N) is 4. The number of aryl methyl sites for hydroxylation is 1. The van der Waals surface area contributed by atoms with Gasteiger partial charge in [-0.2, -0.15) is 10.1 Å². The maximum absolute atomic E-state index is 13.6. The molecule has 4 rings (SSSR count). The smallest absolute Gasteiger partial charge is 0.267 e. The summed E-state index contributed by atoms with van der Waals surface area (Å²) in [4.78, 5) is 16.4. The molecule has 0 aliphatic heterocycles. The second kappa shape index (κ2) is 7.36. The van der Waals surface area contributed by atoms with Crippen molar-refractivity contribution in [1.82, 2.24) is 19.9 Å². The molecule has 2 aromatic heterocycles. The Balaban J connectivity index is 1.62. The Bertz CT molecular complexity index is 1200. The van der Waals surface area contributed by atoms with Crippen LogP contribution in [0.1, 0.15) is 11.5 Å². The minimum Gasteiger partial charge on any atom is -0.337 e. The van der Waals surface area contributed by atoms with E-state index >= 15 is 0 Å². The molecule has 0 aliphatic rings. The van der Waals surface area contributed by atoms with E-state index in [0.29, 0.717) is 11.3 Å². The summed E-state index contributed by atoms with van der Waals surface area (Å²) in [6, 6.07) is 15.2. The summed E-state index contributed by atoms with van der Waals surface area (Å²) in [5, 5.41) is 8.22. The number of hydrogen-bond donors (Lipinski definition) is 0. The first-order valence-electron chi connectivity index (χ1n) is 8.43.